The Bertz CT molecular complexity index is 915. The van der Waals surface area contributed by atoms with E-state index in [1.807, 2.05) is 0 Å². The minimum atomic E-state index is -4.80. The number of amides is 1. The molecule has 1 aromatic heterocycles. The molecule has 2 aromatic rings. The van der Waals surface area contributed by atoms with Crippen molar-refractivity contribution in [2.45, 2.75) is 33.7 Å². The molecule has 1 aromatic carbocycles. The first-order chi connectivity index (χ1) is 13.6. The number of halogens is 3. The zero-order valence-electron chi connectivity index (χ0n) is 16.2. The van der Waals surface area contributed by atoms with Gasteiger partial charge in [-0.05, 0) is 50.6 Å². The van der Waals surface area contributed by atoms with Gasteiger partial charge in [0.05, 0.1) is 12.2 Å². The smallest absolute Gasteiger partial charge is 0.461 e. The number of benzene rings is 1. The molecule has 156 valence electrons. The lowest BCUT2D eigenvalue weighted by Crippen LogP contribution is -2.17. The van der Waals surface area contributed by atoms with Gasteiger partial charge in [0.25, 0.3) is 5.91 Å². The molecule has 0 fully saturated rings. The molecule has 6 nitrogen and oxygen atoms in total. The minimum absolute atomic E-state index is 0.185. The van der Waals surface area contributed by atoms with Gasteiger partial charge in [-0.2, -0.15) is 0 Å². The average molecular weight is 410 g/mol. The molecule has 1 N–H and O–H groups in total. The van der Waals surface area contributed by atoms with Crippen molar-refractivity contribution in [1.29, 1.82) is 0 Å². The fraction of sp³-hybridized carbons (Fsp3) is 0.300. The van der Waals surface area contributed by atoms with Crippen LogP contribution in [0.2, 0.25) is 0 Å². The Kier molecular flexibility index (Phi) is 6.73. The summed E-state index contributed by atoms with van der Waals surface area (Å²) in [7, 11) is 0. The highest BCUT2D eigenvalue weighted by atomic mass is 19.4. The maximum atomic E-state index is 12.8. The molecule has 0 spiro atoms. The first-order valence-corrected chi connectivity index (χ1v) is 8.73. The predicted octanol–water partition coefficient (Wildman–Crippen LogP) is 4.62. The van der Waals surface area contributed by atoms with E-state index < -0.39 is 24.0 Å². The van der Waals surface area contributed by atoms with Crippen LogP contribution in [0.1, 0.15) is 39.0 Å². The van der Waals surface area contributed by atoms with E-state index in [0.29, 0.717) is 17.8 Å². The molecule has 1 amide bonds. The van der Waals surface area contributed by atoms with Crippen LogP contribution in [-0.4, -0.2) is 29.4 Å². The molecular formula is C20H21F3N2O4. The summed E-state index contributed by atoms with van der Waals surface area (Å²) >= 11 is 0. The fourth-order valence-corrected chi connectivity index (χ4v) is 2.98. The van der Waals surface area contributed by atoms with Gasteiger partial charge in [0.1, 0.15) is 11.4 Å². The van der Waals surface area contributed by atoms with Crippen LogP contribution in [0.5, 0.6) is 5.75 Å². The van der Waals surface area contributed by atoms with Gasteiger partial charge in [-0.3, -0.25) is 4.79 Å². The Balaban J connectivity index is 2.32. The minimum Gasteiger partial charge on any atom is -0.461 e. The van der Waals surface area contributed by atoms with Gasteiger partial charge < -0.3 is 19.4 Å². The second-order valence-electron chi connectivity index (χ2n) is 6.08. The van der Waals surface area contributed by atoms with Crippen molar-refractivity contribution in [2.24, 2.45) is 0 Å². The van der Waals surface area contributed by atoms with Gasteiger partial charge in [-0.1, -0.05) is 6.08 Å². The van der Waals surface area contributed by atoms with Crippen molar-refractivity contribution in [3.05, 3.63) is 59.4 Å². The van der Waals surface area contributed by atoms with Crippen molar-refractivity contribution in [2.75, 3.05) is 11.9 Å². The molecule has 2 rings (SSSR count). The largest absolute Gasteiger partial charge is 0.573 e. The lowest BCUT2D eigenvalue weighted by Gasteiger charge is -2.10. The zero-order valence-corrected chi connectivity index (χ0v) is 16.2. The zero-order chi connectivity index (χ0) is 21.8. The monoisotopic (exact) mass is 410 g/mol. The van der Waals surface area contributed by atoms with Gasteiger partial charge in [0, 0.05) is 17.9 Å². The van der Waals surface area contributed by atoms with E-state index in [2.05, 4.69) is 16.6 Å². The highest BCUT2D eigenvalue weighted by Gasteiger charge is 2.31. The summed E-state index contributed by atoms with van der Waals surface area (Å²) in [6.45, 7) is 9.15. The predicted molar refractivity (Wildman–Crippen MR) is 101 cm³/mol. The Labute approximate surface area is 165 Å². The number of hydrogen-bond donors (Lipinski definition) is 1. The second-order valence-corrected chi connectivity index (χ2v) is 6.08. The number of alkyl halides is 3. The van der Waals surface area contributed by atoms with Crippen molar-refractivity contribution in [3.63, 3.8) is 0 Å². The van der Waals surface area contributed by atoms with E-state index in [4.69, 9.17) is 4.74 Å². The number of ether oxygens (including phenoxy) is 2. The van der Waals surface area contributed by atoms with Crippen LogP contribution < -0.4 is 10.1 Å². The number of allylic oxidation sites excluding steroid dienone is 1. The molecule has 0 aliphatic rings. The molecule has 0 saturated carbocycles. The highest BCUT2D eigenvalue weighted by molar-refractivity contribution is 6.08. The number of anilines is 1. The SMILES string of the molecule is C=CCn1c(C)c(C(=O)Nc2ccc(OC(F)(F)F)cc2)c(C)c1C(=O)OCC. The van der Waals surface area contributed by atoms with E-state index in [0.717, 1.165) is 12.1 Å². The van der Waals surface area contributed by atoms with E-state index in [9.17, 15) is 22.8 Å². The van der Waals surface area contributed by atoms with Crippen LogP contribution in [0, 0.1) is 13.8 Å². The van der Waals surface area contributed by atoms with Gasteiger partial charge in [0.2, 0.25) is 0 Å². The van der Waals surface area contributed by atoms with E-state index in [-0.39, 0.29) is 23.6 Å². The Hall–Kier alpha value is -3.23. The number of hydrogen-bond acceptors (Lipinski definition) is 4. The lowest BCUT2D eigenvalue weighted by molar-refractivity contribution is -0.274. The van der Waals surface area contributed by atoms with E-state index >= 15 is 0 Å². The summed E-state index contributed by atoms with van der Waals surface area (Å²) in [6.07, 6.45) is -3.20. The second kappa shape index (κ2) is 8.85. The highest BCUT2D eigenvalue weighted by Crippen LogP contribution is 2.26. The van der Waals surface area contributed by atoms with Crippen molar-refractivity contribution in [1.82, 2.24) is 4.57 Å². The van der Waals surface area contributed by atoms with Crippen LogP contribution in [0.4, 0.5) is 18.9 Å². The maximum absolute atomic E-state index is 12.8. The molecular weight excluding hydrogens is 389 g/mol. The third kappa shape index (κ3) is 5.18. The average Bonchev–Trinajstić information content (AvgIpc) is 2.86. The molecule has 0 unspecified atom stereocenters. The van der Waals surface area contributed by atoms with Gasteiger partial charge in [-0.15, -0.1) is 19.8 Å². The maximum Gasteiger partial charge on any atom is 0.573 e. The summed E-state index contributed by atoms with van der Waals surface area (Å²) in [5.41, 5.74) is 1.80. The Morgan fingerprint density at radius 3 is 2.34 bits per heavy atom. The van der Waals surface area contributed by atoms with E-state index in [1.165, 1.54) is 12.1 Å². The van der Waals surface area contributed by atoms with Gasteiger partial charge in [0.15, 0.2) is 0 Å². The van der Waals surface area contributed by atoms with Crippen LogP contribution >= 0.6 is 0 Å². The van der Waals surface area contributed by atoms with Gasteiger partial charge in [-0.25, -0.2) is 4.79 Å². The van der Waals surface area contributed by atoms with Crippen molar-refractivity contribution < 1.29 is 32.2 Å². The number of aromatic nitrogens is 1. The molecule has 0 aliphatic carbocycles. The quantitative estimate of drug-likeness (QED) is 0.534. The molecule has 0 aliphatic heterocycles. The van der Waals surface area contributed by atoms with Crippen LogP contribution in [0.25, 0.3) is 0 Å². The first kappa shape index (κ1) is 22.1. The third-order valence-electron chi connectivity index (χ3n) is 4.12. The first-order valence-electron chi connectivity index (χ1n) is 8.73. The van der Waals surface area contributed by atoms with Crippen molar-refractivity contribution >= 4 is 17.6 Å². The lowest BCUT2D eigenvalue weighted by atomic mass is 10.1. The summed E-state index contributed by atoms with van der Waals surface area (Å²) in [4.78, 5) is 25.2. The number of carbonyl (C=O) groups is 2. The van der Waals surface area contributed by atoms with E-state index in [1.54, 1.807) is 31.4 Å². The summed E-state index contributed by atoms with van der Waals surface area (Å²) in [5.74, 6) is -1.45. The Morgan fingerprint density at radius 2 is 1.83 bits per heavy atom. The number of rotatable bonds is 7. The summed E-state index contributed by atoms with van der Waals surface area (Å²) in [5, 5.41) is 2.62. The van der Waals surface area contributed by atoms with Crippen molar-refractivity contribution in [3.8, 4) is 5.75 Å². The molecule has 9 heteroatoms. The van der Waals surface area contributed by atoms with Crippen LogP contribution in [0.3, 0.4) is 0 Å². The van der Waals surface area contributed by atoms with Crippen LogP contribution in [0.15, 0.2) is 36.9 Å². The molecule has 0 atom stereocenters. The normalized spacial score (nSPS) is 11.1. The molecule has 0 saturated heterocycles. The fourth-order valence-electron chi connectivity index (χ4n) is 2.98. The number of nitrogens with one attached hydrogen (secondary N) is 1. The van der Waals surface area contributed by atoms with Gasteiger partial charge >= 0.3 is 12.3 Å². The van der Waals surface area contributed by atoms with Crippen LogP contribution in [-0.2, 0) is 11.3 Å². The summed E-state index contributed by atoms with van der Waals surface area (Å²) in [6, 6.07) is 4.76. The molecule has 0 bridgehead atoms. The third-order valence-corrected chi connectivity index (χ3v) is 4.12. The number of carbonyl (C=O) groups excluding carboxylic acids is 2. The summed E-state index contributed by atoms with van der Waals surface area (Å²) < 4.78 is 47.3. The molecule has 0 radical (unpaired) electrons. The number of nitrogens with zero attached hydrogens (tertiary/aromatic N) is 1. The molecule has 1 heterocycles. The standard InChI is InChI=1S/C20H21F3N2O4/c1-5-11-25-13(4)16(12(3)17(25)19(27)28-6-2)18(26)24-14-7-9-15(10-8-14)29-20(21,22)23/h5,7-10H,1,6,11H2,2-4H3,(H,24,26). The Morgan fingerprint density at radius 1 is 1.21 bits per heavy atom. The topological polar surface area (TPSA) is 69.6 Å². The molecule has 29 heavy (non-hydrogen) atoms. The number of esters is 1.